The van der Waals surface area contributed by atoms with Gasteiger partial charge in [-0.2, -0.15) is 12.1 Å². The van der Waals surface area contributed by atoms with E-state index in [1.807, 2.05) is 47.0 Å². The van der Waals surface area contributed by atoms with Gasteiger partial charge in [0.2, 0.25) is 0 Å². The van der Waals surface area contributed by atoms with Gasteiger partial charge in [0.15, 0.2) is 0 Å². The van der Waals surface area contributed by atoms with Gasteiger partial charge in [-0.3, -0.25) is 0 Å². The molecule has 58 heavy (non-hydrogen) atoms. The third kappa shape index (κ3) is 6.00. The quantitative estimate of drug-likeness (QED) is 0.118. The largest absolute Gasteiger partial charge is 0.509 e. The first-order valence-electron chi connectivity index (χ1n) is 18.9. The SMILES string of the molecule is [Pd].[c-]1c(Oc2[c-]c3c(cc2)c2cccnc2n3-c2ccccn2)cccc1N1[CH-]N(c2c(-c3ccccc3)cccc2-c2ccccc2)c2c1ccc1ccccc21. The summed E-state index contributed by atoms with van der Waals surface area (Å²) in [5.74, 6) is 1.91. The number of fused-ring (bicyclic) bond motifs is 6. The third-order valence-electron chi connectivity index (χ3n) is 10.6. The molecule has 3 aromatic heterocycles. The molecule has 1 aliphatic rings. The Kier molecular flexibility index (Phi) is 9.03. The molecule has 0 spiro atoms. The van der Waals surface area contributed by atoms with E-state index in [1.165, 1.54) is 5.39 Å². The number of benzene rings is 7. The van der Waals surface area contributed by atoms with Crippen LogP contribution in [0.2, 0.25) is 0 Å². The zero-order valence-electron chi connectivity index (χ0n) is 30.9. The Morgan fingerprint density at radius 2 is 1.17 bits per heavy atom. The number of aromatic nitrogens is 3. The van der Waals surface area contributed by atoms with Gasteiger partial charge >= 0.3 is 0 Å². The fourth-order valence-corrected chi connectivity index (χ4v) is 8.06. The van der Waals surface area contributed by atoms with E-state index in [-0.39, 0.29) is 20.4 Å². The second-order valence-electron chi connectivity index (χ2n) is 13.9. The normalized spacial score (nSPS) is 12.2. The number of para-hydroxylation sites is 1. The van der Waals surface area contributed by atoms with E-state index >= 15 is 0 Å². The average Bonchev–Trinajstić information content (AvgIpc) is 3.83. The van der Waals surface area contributed by atoms with Crippen molar-refractivity contribution < 1.29 is 25.2 Å². The van der Waals surface area contributed by atoms with Crippen LogP contribution in [-0.2, 0) is 20.4 Å². The fraction of sp³-hybridized carbons (Fsp3) is 0. The Labute approximate surface area is 349 Å². The topological polar surface area (TPSA) is 46.4 Å². The van der Waals surface area contributed by atoms with Crippen LogP contribution in [0.25, 0.3) is 60.8 Å². The molecule has 7 aromatic carbocycles. The van der Waals surface area contributed by atoms with Gasteiger partial charge in [-0.05, 0) is 46.2 Å². The number of hydrogen-bond donors (Lipinski definition) is 0. The van der Waals surface area contributed by atoms with E-state index in [0.717, 1.165) is 78.1 Å². The summed E-state index contributed by atoms with van der Waals surface area (Å²) in [7, 11) is 0. The molecule has 0 radical (unpaired) electrons. The predicted molar refractivity (Wildman–Crippen MR) is 230 cm³/mol. The van der Waals surface area contributed by atoms with Crippen molar-refractivity contribution in [2.75, 3.05) is 9.80 Å². The van der Waals surface area contributed by atoms with Crippen LogP contribution in [-0.4, -0.2) is 14.5 Å². The maximum absolute atomic E-state index is 6.58. The molecular formula is C51H32N5OPd-3. The molecule has 0 unspecified atom stereocenters. The van der Waals surface area contributed by atoms with E-state index in [0.29, 0.717) is 11.5 Å². The monoisotopic (exact) mass is 836 g/mol. The molecule has 0 saturated carbocycles. The predicted octanol–water partition coefficient (Wildman–Crippen LogP) is 12.9. The molecule has 7 heteroatoms. The molecule has 0 saturated heterocycles. The second-order valence-corrected chi connectivity index (χ2v) is 13.9. The summed E-state index contributed by atoms with van der Waals surface area (Å²) < 4.78 is 8.61. The summed E-state index contributed by atoms with van der Waals surface area (Å²) in [6.07, 6.45) is 3.59. The standard InChI is InChI=1S/C51H32N5O.Pd/c1-3-14-35(15-4-1)41-22-12-23-42(36-16-5-2-6-17-36)49(41)55-34-54(46-29-26-37-18-7-8-21-43(37)50(46)55)38-19-11-20-39(32-38)57-40-27-28-44-45-24-13-31-53-51(45)56(47(44)33-40)48-25-9-10-30-52-48;/h1-31,34H;/q-3;. The van der Waals surface area contributed by atoms with E-state index in [2.05, 4.69) is 167 Å². The molecule has 10 aromatic rings. The summed E-state index contributed by atoms with van der Waals surface area (Å²) in [5, 5.41) is 4.37. The maximum Gasteiger partial charge on any atom is 0.136 e. The molecule has 1 aliphatic heterocycles. The molecule has 0 N–H and O–H groups in total. The Balaban J connectivity index is 0.00000408. The molecular weight excluding hydrogens is 805 g/mol. The van der Waals surface area contributed by atoms with Crippen molar-refractivity contribution in [2.24, 2.45) is 0 Å². The molecule has 6 nitrogen and oxygen atoms in total. The summed E-state index contributed by atoms with van der Waals surface area (Å²) in [4.78, 5) is 13.9. The van der Waals surface area contributed by atoms with E-state index in [4.69, 9.17) is 9.72 Å². The van der Waals surface area contributed by atoms with Crippen molar-refractivity contribution >= 4 is 55.5 Å². The van der Waals surface area contributed by atoms with Gasteiger partial charge in [-0.25, -0.2) is 9.97 Å². The van der Waals surface area contributed by atoms with Gasteiger partial charge in [0.25, 0.3) is 0 Å². The minimum absolute atomic E-state index is 0. The van der Waals surface area contributed by atoms with Gasteiger partial charge < -0.3 is 19.1 Å². The average molecular weight is 837 g/mol. The van der Waals surface area contributed by atoms with Crippen LogP contribution in [0.15, 0.2) is 188 Å². The van der Waals surface area contributed by atoms with Crippen molar-refractivity contribution in [3.05, 3.63) is 207 Å². The number of anilines is 4. The number of nitrogens with zero attached hydrogens (tertiary/aromatic N) is 5. The number of pyridine rings is 2. The van der Waals surface area contributed by atoms with Gasteiger partial charge in [0.05, 0.1) is 0 Å². The number of rotatable bonds is 7. The smallest absolute Gasteiger partial charge is 0.136 e. The van der Waals surface area contributed by atoms with Gasteiger partial charge in [0, 0.05) is 77.9 Å². The molecule has 0 bridgehead atoms. The third-order valence-corrected chi connectivity index (χ3v) is 10.6. The minimum Gasteiger partial charge on any atom is -0.509 e. The zero-order chi connectivity index (χ0) is 37.7. The van der Waals surface area contributed by atoms with Crippen LogP contribution in [0, 0.1) is 18.8 Å². The van der Waals surface area contributed by atoms with Gasteiger partial charge in [-0.1, -0.05) is 127 Å². The molecule has 11 rings (SSSR count). The van der Waals surface area contributed by atoms with Crippen molar-refractivity contribution in [3.63, 3.8) is 0 Å². The first-order chi connectivity index (χ1) is 28.3. The number of ether oxygens (including phenoxy) is 1. The Morgan fingerprint density at radius 3 is 1.95 bits per heavy atom. The van der Waals surface area contributed by atoms with Crippen molar-refractivity contribution in [3.8, 4) is 39.6 Å². The van der Waals surface area contributed by atoms with Crippen LogP contribution in [0.1, 0.15) is 0 Å². The summed E-state index contributed by atoms with van der Waals surface area (Å²) in [5.41, 5.74) is 10.3. The van der Waals surface area contributed by atoms with Crippen LogP contribution >= 0.6 is 0 Å². The van der Waals surface area contributed by atoms with E-state index in [1.54, 1.807) is 12.4 Å². The van der Waals surface area contributed by atoms with Crippen molar-refractivity contribution in [1.82, 2.24) is 14.5 Å². The Hall–Kier alpha value is -7.04. The Bertz CT molecular complexity index is 3040. The van der Waals surface area contributed by atoms with Gasteiger partial charge in [-0.15, -0.1) is 48.1 Å². The first kappa shape index (κ1) is 35.4. The molecule has 0 amide bonds. The molecule has 0 atom stereocenters. The Morgan fingerprint density at radius 1 is 0.483 bits per heavy atom. The zero-order valence-corrected chi connectivity index (χ0v) is 32.5. The van der Waals surface area contributed by atoms with Crippen molar-refractivity contribution in [1.29, 1.82) is 0 Å². The summed E-state index contributed by atoms with van der Waals surface area (Å²) in [6.45, 7) is 2.19. The van der Waals surface area contributed by atoms with Crippen LogP contribution in [0.4, 0.5) is 22.7 Å². The van der Waals surface area contributed by atoms with Crippen LogP contribution < -0.4 is 14.5 Å². The second kappa shape index (κ2) is 14.8. The van der Waals surface area contributed by atoms with Crippen LogP contribution in [0.5, 0.6) is 11.5 Å². The van der Waals surface area contributed by atoms with Crippen molar-refractivity contribution in [2.45, 2.75) is 0 Å². The van der Waals surface area contributed by atoms with Crippen LogP contribution in [0.3, 0.4) is 0 Å². The summed E-state index contributed by atoms with van der Waals surface area (Å²) >= 11 is 0. The molecule has 4 heterocycles. The molecule has 0 fully saturated rings. The maximum atomic E-state index is 6.58. The minimum atomic E-state index is 0. The number of hydrogen-bond acceptors (Lipinski definition) is 5. The van der Waals surface area contributed by atoms with Gasteiger partial charge in [0.1, 0.15) is 11.5 Å². The van der Waals surface area contributed by atoms with E-state index < -0.39 is 0 Å². The fourth-order valence-electron chi connectivity index (χ4n) is 8.06. The molecule has 0 aliphatic carbocycles. The first-order valence-corrected chi connectivity index (χ1v) is 18.9. The summed E-state index contributed by atoms with van der Waals surface area (Å²) in [6, 6.07) is 67.9. The van der Waals surface area contributed by atoms with E-state index in [9.17, 15) is 0 Å². The molecule has 280 valence electrons.